The van der Waals surface area contributed by atoms with Crippen molar-refractivity contribution in [3.63, 3.8) is 0 Å². The minimum Gasteiger partial charge on any atom is -0.394 e. The van der Waals surface area contributed by atoms with Crippen molar-refractivity contribution in [3.8, 4) is 0 Å². The van der Waals surface area contributed by atoms with Crippen LogP contribution in [0.15, 0.2) is 85.0 Å². The number of amides is 3. The molecule has 4 heterocycles. The highest BCUT2D eigenvalue weighted by molar-refractivity contribution is 8.02. The van der Waals surface area contributed by atoms with Crippen LogP contribution >= 0.6 is 11.8 Å². The first kappa shape index (κ1) is 25.9. The predicted octanol–water partition coefficient (Wildman–Crippen LogP) is 3.03. The molecule has 6 rings (SSSR count). The highest BCUT2D eigenvalue weighted by Crippen LogP contribution is 2.66. The number of likely N-dealkylation sites (tertiary alicyclic amines) is 1. The third kappa shape index (κ3) is 3.95. The molecule has 4 aliphatic heterocycles. The topological polar surface area (TPSA) is 81.2 Å². The summed E-state index contributed by atoms with van der Waals surface area (Å²) in [5, 5.41) is 10.7. The van der Waals surface area contributed by atoms with E-state index in [0.717, 1.165) is 11.1 Å². The van der Waals surface area contributed by atoms with Gasteiger partial charge in [-0.25, -0.2) is 0 Å². The lowest BCUT2D eigenvalue weighted by Gasteiger charge is -2.40. The fraction of sp³-hybridized carbons (Fsp3) is 0.387. The zero-order valence-electron chi connectivity index (χ0n) is 22.1. The second-order valence-electron chi connectivity index (χ2n) is 11.1. The van der Waals surface area contributed by atoms with E-state index in [-0.39, 0.29) is 24.3 Å². The molecule has 0 aliphatic carbocycles. The van der Waals surface area contributed by atoms with Crippen LogP contribution in [-0.4, -0.2) is 79.8 Å². The van der Waals surface area contributed by atoms with E-state index in [1.807, 2.05) is 85.8 Å². The van der Waals surface area contributed by atoms with Crippen LogP contribution in [0.5, 0.6) is 0 Å². The molecule has 39 heavy (non-hydrogen) atoms. The maximum atomic E-state index is 14.6. The number of hydrogen-bond donors (Lipinski definition) is 1. The van der Waals surface area contributed by atoms with Crippen LogP contribution in [0, 0.1) is 11.8 Å². The molecule has 202 valence electrons. The molecule has 6 atom stereocenters. The monoisotopic (exact) mass is 543 g/mol. The molecule has 2 saturated heterocycles. The van der Waals surface area contributed by atoms with Gasteiger partial charge in [-0.3, -0.25) is 14.4 Å². The summed E-state index contributed by atoms with van der Waals surface area (Å²) in [5.41, 5.74) is 1.76. The van der Waals surface area contributed by atoms with Gasteiger partial charge in [0.05, 0.1) is 29.2 Å². The van der Waals surface area contributed by atoms with Gasteiger partial charge in [0.2, 0.25) is 17.7 Å². The summed E-state index contributed by atoms with van der Waals surface area (Å²) >= 11 is 1.56. The standard InChI is InChI=1S/C31H33N3O4S/c1-30-15-9-17-32(2)27(36)24(30)25-28(37)34(23(20-35)22-13-7-4-8-14-22)26-29(38)33(18-10-16-31(25,26)39-30)19-21-11-5-3-6-12-21/h3-16,23-26,35H,17-20H2,1-2H3/t23-,24+,25+,26?,30-,31+/m1/s1. The van der Waals surface area contributed by atoms with Crippen molar-refractivity contribution < 1.29 is 19.5 Å². The lowest BCUT2D eigenvalue weighted by molar-refractivity contribution is -0.147. The van der Waals surface area contributed by atoms with Crippen LogP contribution in [0.2, 0.25) is 0 Å². The van der Waals surface area contributed by atoms with Crippen molar-refractivity contribution in [1.82, 2.24) is 14.7 Å². The Bertz CT molecular complexity index is 1350. The lowest BCUT2D eigenvalue weighted by atomic mass is 9.74. The maximum Gasteiger partial charge on any atom is 0.247 e. The second kappa shape index (κ2) is 9.68. The van der Waals surface area contributed by atoms with Crippen molar-refractivity contribution >= 4 is 29.5 Å². The number of fused-ring (bicyclic) bond motifs is 2. The van der Waals surface area contributed by atoms with Crippen LogP contribution in [0.3, 0.4) is 0 Å². The van der Waals surface area contributed by atoms with Gasteiger partial charge in [0, 0.05) is 31.4 Å². The highest BCUT2D eigenvalue weighted by Gasteiger charge is 2.74. The van der Waals surface area contributed by atoms with Gasteiger partial charge in [0.25, 0.3) is 0 Å². The smallest absolute Gasteiger partial charge is 0.247 e. The Hall–Kier alpha value is -3.36. The normalized spacial score (nSPS) is 32.5. The van der Waals surface area contributed by atoms with Crippen LogP contribution in [-0.2, 0) is 20.9 Å². The minimum absolute atomic E-state index is 0.0858. The van der Waals surface area contributed by atoms with E-state index in [1.165, 1.54) is 0 Å². The number of hydrogen-bond acceptors (Lipinski definition) is 5. The third-order valence-electron chi connectivity index (χ3n) is 8.69. The number of nitrogens with zero attached hydrogens (tertiary/aromatic N) is 3. The van der Waals surface area contributed by atoms with Gasteiger partial charge in [-0.1, -0.05) is 85.0 Å². The number of benzene rings is 2. The van der Waals surface area contributed by atoms with E-state index in [4.69, 9.17) is 0 Å². The van der Waals surface area contributed by atoms with E-state index < -0.39 is 33.4 Å². The Balaban J connectivity index is 1.51. The van der Waals surface area contributed by atoms with Crippen molar-refractivity contribution in [2.24, 2.45) is 11.8 Å². The average molecular weight is 544 g/mol. The van der Waals surface area contributed by atoms with Crippen LogP contribution in [0.1, 0.15) is 24.1 Å². The van der Waals surface area contributed by atoms with Gasteiger partial charge < -0.3 is 19.8 Å². The molecule has 0 bridgehead atoms. The van der Waals surface area contributed by atoms with E-state index in [2.05, 4.69) is 6.08 Å². The Labute approximate surface area is 233 Å². The average Bonchev–Trinajstić information content (AvgIpc) is 3.22. The van der Waals surface area contributed by atoms with Gasteiger partial charge in [0.15, 0.2) is 0 Å². The fourth-order valence-corrected chi connectivity index (χ4v) is 9.08. The number of thioether (sulfide) groups is 1. The molecule has 3 amide bonds. The van der Waals surface area contributed by atoms with Gasteiger partial charge in [-0.05, 0) is 18.1 Å². The molecule has 1 spiro atoms. The molecule has 4 aliphatic rings. The molecule has 8 heteroatoms. The maximum absolute atomic E-state index is 14.6. The van der Waals surface area contributed by atoms with Crippen molar-refractivity contribution in [2.45, 2.75) is 35.0 Å². The van der Waals surface area contributed by atoms with E-state index in [0.29, 0.717) is 19.6 Å². The second-order valence-corrected chi connectivity index (χ2v) is 12.9. The first-order chi connectivity index (χ1) is 18.8. The minimum atomic E-state index is -0.945. The van der Waals surface area contributed by atoms with Crippen LogP contribution < -0.4 is 0 Å². The van der Waals surface area contributed by atoms with Gasteiger partial charge >= 0.3 is 0 Å². The zero-order chi connectivity index (χ0) is 27.4. The lowest BCUT2D eigenvalue weighted by Crippen LogP contribution is -2.54. The van der Waals surface area contributed by atoms with Crippen LogP contribution in [0.25, 0.3) is 0 Å². The molecule has 0 saturated carbocycles. The van der Waals surface area contributed by atoms with E-state index in [9.17, 15) is 19.5 Å². The Morgan fingerprint density at radius 1 is 0.897 bits per heavy atom. The highest BCUT2D eigenvalue weighted by atomic mass is 32.2. The van der Waals surface area contributed by atoms with Crippen LogP contribution in [0.4, 0.5) is 0 Å². The molecule has 0 radical (unpaired) electrons. The first-order valence-electron chi connectivity index (χ1n) is 13.4. The number of carbonyl (C=O) groups is 3. The summed E-state index contributed by atoms with van der Waals surface area (Å²) in [4.78, 5) is 48.1. The Morgan fingerprint density at radius 3 is 2.26 bits per heavy atom. The fourth-order valence-electron chi connectivity index (χ4n) is 6.94. The summed E-state index contributed by atoms with van der Waals surface area (Å²) in [6.07, 6.45) is 8.05. The van der Waals surface area contributed by atoms with Crippen molar-refractivity contribution in [2.75, 3.05) is 26.7 Å². The summed E-state index contributed by atoms with van der Waals surface area (Å²) < 4.78 is -1.59. The Kier molecular flexibility index (Phi) is 6.43. The van der Waals surface area contributed by atoms with E-state index >= 15 is 0 Å². The number of aliphatic hydroxyl groups is 1. The molecule has 1 N–H and O–H groups in total. The molecule has 7 nitrogen and oxygen atoms in total. The molecular weight excluding hydrogens is 510 g/mol. The van der Waals surface area contributed by atoms with Gasteiger partial charge in [0.1, 0.15) is 6.04 Å². The third-order valence-corrected chi connectivity index (χ3v) is 10.5. The molecule has 2 fully saturated rings. The number of rotatable bonds is 5. The number of likely N-dealkylation sites (N-methyl/N-ethyl adjacent to an activating group) is 1. The quantitative estimate of drug-likeness (QED) is 0.587. The molecule has 1 unspecified atom stereocenters. The Morgan fingerprint density at radius 2 is 1.56 bits per heavy atom. The summed E-state index contributed by atoms with van der Waals surface area (Å²) in [5.74, 6) is -1.85. The summed E-state index contributed by atoms with van der Waals surface area (Å²) in [7, 11) is 1.76. The summed E-state index contributed by atoms with van der Waals surface area (Å²) in [6.45, 7) is 2.98. The SMILES string of the molecule is CN1CC=C[C@@]2(C)S[C@]34C=CCN(Cc5ccccc5)C(=O)C3N([C@H](CO)c3ccccc3)C(=O)[C@@H]4[C@H]2C1=O. The molecular formula is C31H33N3O4S. The number of carbonyl (C=O) groups excluding carboxylic acids is 3. The number of aliphatic hydroxyl groups excluding tert-OH is 1. The first-order valence-corrected chi connectivity index (χ1v) is 14.2. The van der Waals surface area contributed by atoms with Gasteiger partial charge in [-0.2, -0.15) is 0 Å². The molecule has 2 aromatic rings. The summed E-state index contributed by atoms with van der Waals surface area (Å²) in [6, 6.07) is 17.6. The van der Waals surface area contributed by atoms with E-state index in [1.54, 1.807) is 33.5 Å². The van der Waals surface area contributed by atoms with Crippen molar-refractivity contribution in [1.29, 1.82) is 0 Å². The van der Waals surface area contributed by atoms with Crippen molar-refractivity contribution in [3.05, 3.63) is 96.1 Å². The molecule has 2 aromatic carbocycles. The molecule has 0 aromatic heterocycles. The van der Waals surface area contributed by atoms with Gasteiger partial charge in [-0.15, -0.1) is 11.8 Å². The predicted molar refractivity (Wildman–Crippen MR) is 150 cm³/mol. The zero-order valence-corrected chi connectivity index (χ0v) is 23.0. The largest absolute Gasteiger partial charge is 0.394 e.